The second kappa shape index (κ2) is 6.86. The average molecular weight is 396 g/mol. The standard InChI is InChI=1S/C17H20N2O5S2/c1-23-12-5-2-4-11(8-12)19-13-9-26(21,22)10-15(13)25-17(19)18-16(20)14-6-3-7-24-14/h2,4-5,8,13-15H,3,6-7,9-10H2,1H3/t13-,14-,15-/m0/s1. The van der Waals surface area contributed by atoms with Crippen molar-refractivity contribution in [3.05, 3.63) is 24.3 Å². The van der Waals surface area contributed by atoms with Crippen molar-refractivity contribution in [2.45, 2.75) is 30.2 Å². The first-order chi connectivity index (χ1) is 12.5. The van der Waals surface area contributed by atoms with E-state index in [1.807, 2.05) is 29.2 Å². The van der Waals surface area contributed by atoms with Crippen LogP contribution in [0.5, 0.6) is 5.75 Å². The highest BCUT2D eigenvalue weighted by Crippen LogP contribution is 2.41. The molecule has 3 atom stereocenters. The van der Waals surface area contributed by atoms with Crippen molar-refractivity contribution in [1.29, 1.82) is 0 Å². The number of anilines is 1. The molecule has 0 aliphatic carbocycles. The Bertz CT molecular complexity index is 848. The van der Waals surface area contributed by atoms with Crippen LogP contribution in [-0.4, -0.2) is 62.1 Å². The third kappa shape index (κ3) is 3.35. The van der Waals surface area contributed by atoms with Gasteiger partial charge in [-0.15, -0.1) is 0 Å². The zero-order valence-electron chi connectivity index (χ0n) is 14.3. The topological polar surface area (TPSA) is 85.3 Å². The van der Waals surface area contributed by atoms with E-state index in [1.165, 1.54) is 11.8 Å². The monoisotopic (exact) mass is 396 g/mol. The third-order valence-corrected chi connectivity index (χ3v) is 8.02. The van der Waals surface area contributed by atoms with E-state index in [2.05, 4.69) is 4.99 Å². The largest absolute Gasteiger partial charge is 0.497 e. The quantitative estimate of drug-likeness (QED) is 0.765. The molecule has 0 spiro atoms. The minimum Gasteiger partial charge on any atom is -0.497 e. The van der Waals surface area contributed by atoms with Gasteiger partial charge in [0, 0.05) is 23.6 Å². The summed E-state index contributed by atoms with van der Waals surface area (Å²) in [5.74, 6) is 0.549. The molecule has 1 aromatic rings. The molecule has 0 N–H and O–H groups in total. The number of methoxy groups -OCH3 is 1. The number of hydrogen-bond acceptors (Lipinski definition) is 6. The molecule has 3 aliphatic heterocycles. The van der Waals surface area contributed by atoms with Gasteiger partial charge < -0.3 is 14.4 Å². The zero-order valence-corrected chi connectivity index (χ0v) is 16.0. The van der Waals surface area contributed by atoms with Crippen LogP contribution in [0.2, 0.25) is 0 Å². The number of nitrogens with zero attached hydrogens (tertiary/aromatic N) is 2. The number of fused-ring (bicyclic) bond motifs is 1. The molecule has 1 aromatic carbocycles. The van der Waals surface area contributed by atoms with Crippen LogP contribution in [0, 0.1) is 0 Å². The molecule has 7 nitrogen and oxygen atoms in total. The minimum absolute atomic E-state index is 0.0645. The van der Waals surface area contributed by atoms with Crippen molar-refractivity contribution in [2.75, 3.05) is 30.1 Å². The Kier molecular flexibility index (Phi) is 4.70. The Hall–Kier alpha value is -1.58. The molecule has 4 rings (SSSR count). The molecule has 9 heteroatoms. The number of ether oxygens (including phenoxy) is 2. The Morgan fingerprint density at radius 3 is 2.96 bits per heavy atom. The van der Waals surface area contributed by atoms with Crippen molar-refractivity contribution in [1.82, 2.24) is 0 Å². The summed E-state index contributed by atoms with van der Waals surface area (Å²) >= 11 is 1.37. The number of carbonyl (C=O) groups excluding carboxylic acids is 1. The van der Waals surface area contributed by atoms with Gasteiger partial charge in [-0.25, -0.2) is 8.42 Å². The second-order valence-electron chi connectivity index (χ2n) is 6.61. The fourth-order valence-corrected chi connectivity index (χ4v) is 7.48. The van der Waals surface area contributed by atoms with Crippen molar-refractivity contribution in [2.24, 2.45) is 4.99 Å². The number of amidine groups is 1. The van der Waals surface area contributed by atoms with Crippen LogP contribution in [0.15, 0.2) is 29.3 Å². The molecule has 0 aromatic heterocycles. The van der Waals surface area contributed by atoms with Gasteiger partial charge >= 0.3 is 0 Å². The summed E-state index contributed by atoms with van der Waals surface area (Å²) in [6.45, 7) is 0.581. The van der Waals surface area contributed by atoms with E-state index < -0.39 is 15.9 Å². The molecular weight excluding hydrogens is 376 g/mol. The molecule has 0 radical (unpaired) electrons. The van der Waals surface area contributed by atoms with E-state index in [4.69, 9.17) is 9.47 Å². The van der Waals surface area contributed by atoms with Crippen LogP contribution in [0.1, 0.15) is 12.8 Å². The molecule has 3 fully saturated rings. The Balaban J connectivity index is 1.69. The maximum atomic E-state index is 12.5. The summed E-state index contributed by atoms with van der Waals surface area (Å²) in [5, 5.41) is 0.422. The number of benzene rings is 1. The van der Waals surface area contributed by atoms with Gasteiger partial charge in [-0.3, -0.25) is 4.79 Å². The molecular formula is C17H20N2O5S2. The number of hydrogen-bond donors (Lipinski definition) is 0. The lowest BCUT2D eigenvalue weighted by Crippen LogP contribution is -2.38. The van der Waals surface area contributed by atoms with Gasteiger partial charge in [-0.2, -0.15) is 4.99 Å². The van der Waals surface area contributed by atoms with Crippen LogP contribution >= 0.6 is 11.8 Å². The lowest BCUT2D eigenvalue weighted by molar-refractivity contribution is -0.126. The van der Waals surface area contributed by atoms with Gasteiger partial charge in [0.1, 0.15) is 11.9 Å². The minimum atomic E-state index is -3.09. The van der Waals surface area contributed by atoms with Crippen LogP contribution < -0.4 is 9.64 Å². The van der Waals surface area contributed by atoms with Gasteiger partial charge in [0.25, 0.3) is 5.91 Å². The van der Waals surface area contributed by atoms with E-state index in [0.717, 1.165) is 12.1 Å². The highest BCUT2D eigenvalue weighted by atomic mass is 32.2. The van der Waals surface area contributed by atoms with Gasteiger partial charge in [0.05, 0.1) is 24.7 Å². The number of amides is 1. The molecule has 0 unspecified atom stereocenters. The zero-order chi connectivity index (χ0) is 18.3. The maximum Gasteiger partial charge on any atom is 0.277 e. The van der Waals surface area contributed by atoms with Crippen molar-refractivity contribution in [3.8, 4) is 5.75 Å². The Morgan fingerprint density at radius 2 is 2.23 bits per heavy atom. The average Bonchev–Trinajstić information content (AvgIpc) is 3.29. The summed E-state index contributed by atoms with van der Waals surface area (Å²) in [6.07, 6.45) is 1.05. The highest BCUT2D eigenvalue weighted by molar-refractivity contribution is 8.16. The van der Waals surface area contributed by atoms with Gasteiger partial charge in [-0.1, -0.05) is 17.8 Å². The second-order valence-corrected chi connectivity index (χ2v) is 9.97. The van der Waals surface area contributed by atoms with Crippen LogP contribution in [0.3, 0.4) is 0 Å². The van der Waals surface area contributed by atoms with Crippen LogP contribution in [0.25, 0.3) is 0 Å². The number of thioether (sulfide) groups is 1. The predicted octanol–water partition coefficient (Wildman–Crippen LogP) is 1.48. The molecule has 3 saturated heterocycles. The number of aliphatic imine (C=N–C) groups is 1. The SMILES string of the molecule is COc1cccc(N2C(=NC(=O)[C@@H]3CCCO3)S[C@H]3CS(=O)(=O)C[C@@H]32)c1. The lowest BCUT2D eigenvalue weighted by atomic mass is 10.2. The van der Waals surface area contributed by atoms with Crippen LogP contribution in [0.4, 0.5) is 5.69 Å². The normalized spacial score (nSPS) is 31.3. The first-order valence-corrected chi connectivity index (χ1v) is 11.2. The van der Waals surface area contributed by atoms with E-state index >= 15 is 0 Å². The molecule has 0 saturated carbocycles. The van der Waals surface area contributed by atoms with Gasteiger partial charge in [-0.05, 0) is 25.0 Å². The first kappa shape index (κ1) is 17.8. The first-order valence-electron chi connectivity index (χ1n) is 8.51. The maximum absolute atomic E-state index is 12.5. The van der Waals surface area contributed by atoms with Gasteiger partial charge in [0.15, 0.2) is 15.0 Å². The molecule has 0 bridgehead atoms. The summed E-state index contributed by atoms with van der Waals surface area (Å²) < 4.78 is 34.9. The number of carbonyl (C=O) groups is 1. The van der Waals surface area contributed by atoms with Crippen molar-refractivity contribution < 1.29 is 22.7 Å². The van der Waals surface area contributed by atoms with E-state index in [9.17, 15) is 13.2 Å². The van der Waals surface area contributed by atoms with E-state index in [0.29, 0.717) is 23.9 Å². The molecule has 26 heavy (non-hydrogen) atoms. The fraction of sp³-hybridized carbons (Fsp3) is 0.529. The lowest BCUT2D eigenvalue weighted by Gasteiger charge is -2.25. The molecule has 1 amide bonds. The summed E-state index contributed by atoms with van der Waals surface area (Å²) in [7, 11) is -1.51. The summed E-state index contributed by atoms with van der Waals surface area (Å²) in [4.78, 5) is 18.6. The van der Waals surface area contributed by atoms with E-state index in [1.54, 1.807) is 7.11 Å². The number of sulfone groups is 1. The van der Waals surface area contributed by atoms with Gasteiger partial charge in [0.2, 0.25) is 0 Å². The highest BCUT2D eigenvalue weighted by Gasteiger charge is 2.49. The van der Waals surface area contributed by atoms with Crippen molar-refractivity contribution in [3.63, 3.8) is 0 Å². The van der Waals surface area contributed by atoms with Crippen molar-refractivity contribution >= 4 is 38.4 Å². The number of rotatable bonds is 3. The summed E-state index contributed by atoms with van der Waals surface area (Å²) in [6, 6.07) is 7.15. The third-order valence-electron chi connectivity index (χ3n) is 4.81. The molecule has 3 heterocycles. The Labute approximate surface area is 156 Å². The molecule has 140 valence electrons. The Morgan fingerprint density at radius 1 is 1.38 bits per heavy atom. The van der Waals surface area contributed by atoms with Crippen LogP contribution in [-0.2, 0) is 19.4 Å². The van der Waals surface area contributed by atoms with E-state index in [-0.39, 0.29) is 28.7 Å². The smallest absolute Gasteiger partial charge is 0.277 e. The fourth-order valence-electron chi connectivity index (χ4n) is 3.57. The predicted molar refractivity (Wildman–Crippen MR) is 101 cm³/mol. The summed E-state index contributed by atoms with van der Waals surface area (Å²) in [5.41, 5.74) is 0.778. The molecule has 3 aliphatic rings.